The van der Waals surface area contributed by atoms with E-state index >= 15 is 0 Å². The maximum absolute atomic E-state index is 13.4. The van der Waals surface area contributed by atoms with Crippen LogP contribution in [0.2, 0.25) is 0 Å². The fraction of sp³-hybridized carbons (Fsp3) is 0.357. The van der Waals surface area contributed by atoms with Crippen LogP contribution in [0.4, 0.5) is 13.6 Å². The summed E-state index contributed by atoms with van der Waals surface area (Å²) in [7, 11) is 0. The number of fused-ring (bicyclic) bond motifs is 1. The third-order valence-electron chi connectivity index (χ3n) is 3.53. The van der Waals surface area contributed by atoms with Gasteiger partial charge in [0.15, 0.2) is 6.17 Å². The van der Waals surface area contributed by atoms with Gasteiger partial charge in [-0.05, 0) is 18.9 Å². The van der Waals surface area contributed by atoms with E-state index < -0.39 is 23.9 Å². The van der Waals surface area contributed by atoms with E-state index in [1.54, 1.807) is 0 Å². The van der Waals surface area contributed by atoms with Crippen molar-refractivity contribution in [1.29, 1.82) is 0 Å². The van der Waals surface area contributed by atoms with Gasteiger partial charge in [0.2, 0.25) is 0 Å². The predicted octanol–water partition coefficient (Wildman–Crippen LogP) is 1.88. The lowest BCUT2D eigenvalue weighted by molar-refractivity contribution is -0.425. The number of imide groups is 1. The number of halogens is 2. The van der Waals surface area contributed by atoms with Crippen LogP contribution < -0.4 is 0 Å². The summed E-state index contributed by atoms with van der Waals surface area (Å²) in [5.74, 6) is -1.54. The molecule has 0 aromatic carbocycles. The zero-order valence-corrected chi connectivity index (χ0v) is 10.7. The Kier molecular flexibility index (Phi) is 2.88. The fourth-order valence-corrected chi connectivity index (χ4v) is 2.41. The van der Waals surface area contributed by atoms with Crippen LogP contribution in [0.5, 0.6) is 0 Å². The highest BCUT2D eigenvalue weighted by molar-refractivity contribution is 6.29. The molecule has 2 aliphatic carbocycles. The van der Waals surface area contributed by atoms with Gasteiger partial charge in [-0.3, -0.25) is 0 Å². The van der Waals surface area contributed by atoms with Crippen LogP contribution >= 0.6 is 0 Å². The van der Waals surface area contributed by atoms with Gasteiger partial charge in [0.05, 0.1) is 0 Å². The van der Waals surface area contributed by atoms with Crippen molar-refractivity contribution in [1.82, 2.24) is 4.90 Å². The normalized spacial score (nSPS) is 26.3. The van der Waals surface area contributed by atoms with Crippen LogP contribution in [-0.2, 0) is 4.79 Å². The van der Waals surface area contributed by atoms with E-state index in [4.69, 9.17) is 0 Å². The van der Waals surface area contributed by atoms with Crippen LogP contribution in [0.25, 0.3) is 0 Å². The third-order valence-corrected chi connectivity index (χ3v) is 3.53. The summed E-state index contributed by atoms with van der Waals surface area (Å²) >= 11 is 0. The molecule has 1 atom stereocenters. The van der Waals surface area contributed by atoms with Gasteiger partial charge in [-0.15, -0.1) is 0 Å². The molecule has 1 unspecified atom stereocenters. The largest absolute Gasteiger partial charge is 0.501 e. The van der Waals surface area contributed by atoms with Crippen LogP contribution in [0, 0.1) is 0 Å². The van der Waals surface area contributed by atoms with Crippen molar-refractivity contribution >= 4 is 17.6 Å². The topological polar surface area (TPSA) is 40.4 Å². The average molecular weight is 279 g/mol. The third kappa shape index (κ3) is 1.83. The summed E-state index contributed by atoms with van der Waals surface area (Å²) in [5, 5.41) is 0. The van der Waals surface area contributed by atoms with Crippen LogP contribution in [-0.4, -0.2) is 45.9 Å². The summed E-state index contributed by atoms with van der Waals surface area (Å²) in [6, 6.07) is -0.621. The quantitative estimate of drug-likeness (QED) is 0.584. The second-order valence-electron chi connectivity index (χ2n) is 4.98. The Morgan fingerprint density at radius 2 is 2.15 bits per heavy atom. The molecule has 3 rings (SSSR count). The number of alkyl halides is 1. The van der Waals surface area contributed by atoms with E-state index in [2.05, 4.69) is 6.58 Å². The lowest BCUT2D eigenvalue weighted by Crippen LogP contribution is -2.52. The highest BCUT2D eigenvalue weighted by Crippen LogP contribution is 2.33. The minimum Gasteiger partial charge on any atom is -0.240 e. The first-order valence-electron chi connectivity index (χ1n) is 6.41. The maximum atomic E-state index is 13.4. The first kappa shape index (κ1) is 12.9. The van der Waals surface area contributed by atoms with Gasteiger partial charge >= 0.3 is 11.9 Å². The molecule has 0 saturated heterocycles. The Morgan fingerprint density at radius 3 is 2.75 bits per heavy atom. The highest BCUT2D eigenvalue weighted by atomic mass is 19.2. The molecule has 3 amide bonds. The molecule has 0 aromatic rings. The number of nitrogens with zero attached hydrogens (tertiary/aromatic N) is 2. The minimum atomic E-state index is -1.93. The van der Waals surface area contributed by atoms with Crippen LogP contribution in [0.3, 0.4) is 0 Å². The van der Waals surface area contributed by atoms with Crippen molar-refractivity contribution < 1.29 is 22.9 Å². The molecule has 4 nitrogen and oxygen atoms in total. The summed E-state index contributed by atoms with van der Waals surface area (Å²) in [6.07, 6.45) is 2.92. The highest BCUT2D eigenvalue weighted by Gasteiger charge is 2.52. The fourth-order valence-electron chi connectivity index (χ4n) is 2.41. The smallest absolute Gasteiger partial charge is 0.240 e. The molecular formula is C14H13F2N2O2+. The number of hydrogen-bond donors (Lipinski definition) is 0. The van der Waals surface area contributed by atoms with Gasteiger partial charge in [-0.2, -0.15) is 14.3 Å². The molecule has 6 heteroatoms. The van der Waals surface area contributed by atoms with Gasteiger partial charge < -0.3 is 0 Å². The number of allylic oxidation sites excluding steroid dienone is 3. The number of amides is 3. The molecule has 0 aromatic heterocycles. The Labute approximate surface area is 114 Å². The standard InChI is InChI=1S/C14H13F2N2O2/c1-2-5-17-12-7-11(16)10(15)6-9(12)13(19)18(14(17)20)8-3-4-8/h2,6-8,10H,1,3-5H2/q+1. The average Bonchev–Trinajstić information content (AvgIpc) is 3.22. The Morgan fingerprint density at radius 1 is 1.45 bits per heavy atom. The lowest BCUT2D eigenvalue weighted by atomic mass is 9.98. The molecule has 0 spiro atoms. The Hall–Kier alpha value is -2.11. The summed E-state index contributed by atoms with van der Waals surface area (Å²) < 4.78 is 28.1. The van der Waals surface area contributed by atoms with E-state index in [0.29, 0.717) is 0 Å². The summed E-state index contributed by atoms with van der Waals surface area (Å²) in [5.41, 5.74) is 0.162. The van der Waals surface area contributed by atoms with Crippen molar-refractivity contribution in [3.63, 3.8) is 0 Å². The van der Waals surface area contributed by atoms with E-state index in [1.165, 1.54) is 10.7 Å². The second kappa shape index (κ2) is 4.47. The molecule has 20 heavy (non-hydrogen) atoms. The van der Waals surface area contributed by atoms with E-state index in [9.17, 15) is 18.4 Å². The van der Waals surface area contributed by atoms with Gasteiger partial charge in [0.25, 0.3) is 0 Å². The molecule has 1 fully saturated rings. The Balaban J connectivity index is 2.15. The first-order chi connectivity index (χ1) is 9.54. The molecule has 0 bridgehead atoms. The van der Waals surface area contributed by atoms with Gasteiger partial charge in [-0.1, -0.05) is 12.7 Å². The van der Waals surface area contributed by atoms with Crippen molar-refractivity contribution in [2.24, 2.45) is 0 Å². The zero-order valence-electron chi connectivity index (χ0n) is 10.7. The number of rotatable bonds is 3. The van der Waals surface area contributed by atoms with Gasteiger partial charge in [-0.25, -0.2) is 13.6 Å². The number of urea groups is 1. The molecule has 0 N–H and O–H groups in total. The molecule has 3 aliphatic rings. The van der Waals surface area contributed by atoms with Crippen LogP contribution in [0.15, 0.2) is 36.2 Å². The minimum absolute atomic E-state index is 0.0484. The van der Waals surface area contributed by atoms with Gasteiger partial charge in [0.1, 0.15) is 29.7 Å². The first-order valence-corrected chi connectivity index (χ1v) is 6.41. The second-order valence-corrected chi connectivity index (χ2v) is 4.98. The predicted molar refractivity (Wildman–Crippen MR) is 67.8 cm³/mol. The van der Waals surface area contributed by atoms with E-state index in [0.717, 1.165) is 29.9 Å². The number of carbonyl (C=O) groups is 2. The van der Waals surface area contributed by atoms with E-state index in [1.807, 2.05) is 0 Å². The van der Waals surface area contributed by atoms with Crippen molar-refractivity contribution in [2.45, 2.75) is 25.1 Å². The molecule has 0 radical (unpaired) electrons. The molecule has 1 saturated carbocycles. The maximum Gasteiger partial charge on any atom is 0.501 e. The molecule has 104 valence electrons. The molecular weight excluding hydrogens is 266 g/mol. The van der Waals surface area contributed by atoms with E-state index in [-0.39, 0.29) is 23.9 Å². The SMILES string of the molecule is C=CC[N+]1=C2C=C(F)C(F)C=C2C(=O)N(C2CC2)C1=O. The number of carbonyl (C=O) groups excluding carboxylic acids is 2. The lowest BCUT2D eigenvalue weighted by Gasteiger charge is -2.24. The Bertz CT molecular complexity index is 615. The number of hydrogen-bond acceptors (Lipinski definition) is 2. The van der Waals surface area contributed by atoms with Crippen LogP contribution in [0.1, 0.15) is 12.8 Å². The zero-order chi connectivity index (χ0) is 14.4. The van der Waals surface area contributed by atoms with Crippen molar-refractivity contribution in [3.8, 4) is 0 Å². The summed E-state index contributed by atoms with van der Waals surface area (Å²) in [6.45, 7) is 3.69. The van der Waals surface area contributed by atoms with Crippen molar-refractivity contribution in [3.05, 3.63) is 36.2 Å². The monoisotopic (exact) mass is 279 g/mol. The molecule has 1 heterocycles. The molecule has 1 aliphatic heterocycles. The van der Waals surface area contributed by atoms with Gasteiger partial charge in [0, 0.05) is 6.08 Å². The summed E-state index contributed by atoms with van der Waals surface area (Å²) in [4.78, 5) is 25.8. The van der Waals surface area contributed by atoms with Crippen molar-refractivity contribution in [2.75, 3.05) is 6.54 Å².